The van der Waals surface area contributed by atoms with Crippen molar-refractivity contribution in [1.82, 2.24) is 4.90 Å². The molecule has 1 unspecified atom stereocenters. The Morgan fingerprint density at radius 3 is 2.09 bits per heavy atom. The first-order valence-electron chi connectivity index (χ1n) is 4.20. The van der Waals surface area contributed by atoms with Gasteiger partial charge in [-0.1, -0.05) is 0 Å². The third-order valence-electron chi connectivity index (χ3n) is 2.35. The largest absolute Gasteiger partial charge is 0.298 e. The number of Topliss-reactive ketones (excluding diaryl/α,β-unsaturated/α-hetero) is 1. The average Bonchev–Trinajstić information content (AvgIpc) is 1.51. The lowest BCUT2D eigenvalue weighted by Gasteiger charge is -2.48. The summed E-state index contributed by atoms with van der Waals surface area (Å²) in [5.74, 6) is 0.311. The highest BCUT2D eigenvalue weighted by molar-refractivity contribution is 5.82. The van der Waals surface area contributed by atoms with Crippen LogP contribution < -0.4 is 0 Å². The van der Waals surface area contributed by atoms with Crippen molar-refractivity contribution in [1.29, 1.82) is 0 Å². The zero-order chi connectivity index (χ0) is 8.65. The van der Waals surface area contributed by atoms with E-state index in [2.05, 4.69) is 25.7 Å². The predicted octanol–water partition coefficient (Wildman–Crippen LogP) is 1.45. The lowest BCUT2D eigenvalue weighted by Crippen LogP contribution is -2.59. The molecule has 1 saturated heterocycles. The van der Waals surface area contributed by atoms with Crippen LogP contribution in [0.2, 0.25) is 0 Å². The second-order valence-electron chi connectivity index (χ2n) is 4.28. The van der Waals surface area contributed by atoms with Crippen molar-refractivity contribution >= 4 is 5.78 Å². The lowest BCUT2D eigenvalue weighted by molar-refractivity contribution is -0.130. The van der Waals surface area contributed by atoms with E-state index in [0.717, 1.165) is 13.0 Å². The van der Waals surface area contributed by atoms with E-state index in [1.54, 1.807) is 6.92 Å². The Kier molecular flexibility index (Phi) is 2.06. The molecule has 0 bridgehead atoms. The highest BCUT2D eigenvalue weighted by atomic mass is 16.1. The molecule has 1 heterocycles. The van der Waals surface area contributed by atoms with Gasteiger partial charge in [0, 0.05) is 12.1 Å². The van der Waals surface area contributed by atoms with Crippen LogP contribution in [0.3, 0.4) is 0 Å². The van der Waals surface area contributed by atoms with Crippen LogP contribution in [0.15, 0.2) is 0 Å². The topological polar surface area (TPSA) is 20.3 Å². The van der Waals surface area contributed by atoms with Gasteiger partial charge in [-0.25, -0.2) is 0 Å². The minimum atomic E-state index is 0.161. The van der Waals surface area contributed by atoms with E-state index in [4.69, 9.17) is 0 Å². The quantitative estimate of drug-likeness (QED) is 0.571. The van der Waals surface area contributed by atoms with Crippen LogP contribution in [0.4, 0.5) is 0 Å². The molecule has 1 aliphatic heterocycles. The molecule has 0 aromatic carbocycles. The molecule has 0 radical (unpaired) electrons. The highest BCUT2D eigenvalue weighted by Gasteiger charge is 2.38. The number of carbonyl (C=O) groups is 1. The van der Waals surface area contributed by atoms with Gasteiger partial charge in [-0.3, -0.25) is 9.69 Å². The Hall–Kier alpha value is -0.370. The van der Waals surface area contributed by atoms with Gasteiger partial charge < -0.3 is 0 Å². The van der Waals surface area contributed by atoms with Gasteiger partial charge in [-0.15, -0.1) is 0 Å². The van der Waals surface area contributed by atoms with Crippen molar-refractivity contribution in [3.05, 3.63) is 0 Å². The van der Waals surface area contributed by atoms with Gasteiger partial charge in [-0.2, -0.15) is 0 Å². The first-order chi connectivity index (χ1) is 4.93. The maximum atomic E-state index is 11.0. The summed E-state index contributed by atoms with van der Waals surface area (Å²) in [6.45, 7) is 9.22. The molecule has 0 spiro atoms. The van der Waals surface area contributed by atoms with Crippen molar-refractivity contribution in [2.75, 3.05) is 6.54 Å². The van der Waals surface area contributed by atoms with Crippen LogP contribution in [0.5, 0.6) is 0 Å². The Balaban J connectivity index is 2.57. The molecule has 2 heteroatoms. The number of carbonyl (C=O) groups excluding carboxylic acids is 1. The van der Waals surface area contributed by atoms with E-state index < -0.39 is 0 Å². The second kappa shape index (κ2) is 2.59. The predicted molar refractivity (Wildman–Crippen MR) is 45.5 cm³/mol. The SMILES string of the molecule is CC(=O)C1CCN1C(C)(C)C. The van der Waals surface area contributed by atoms with Crippen LogP contribution >= 0.6 is 0 Å². The van der Waals surface area contributed by atoms with E-state index in [1.807, 2.05) is 0 Å². The number of rotatable bonds is 1. The molecular weight excluding hydrogens is 138 g/mol. The fraction of sp³-hybridized carbons (Fsp3) is 0.889. The molecule has 0 aliphatic carbocycles. The summed E-state index contributed by atoms with van der Waals surface area (Å²) in [5.41, 5.74) is 0.161. The third kappa shape index (κ3) is 1.62. The Morgan fingerprint density at radius 1 is 1.45 bits per heavy atom. The highest BCUT2D eigenvalue weighted by Crippen LogP contribution is 2.27. The molecule has 0 aromatic rings. The van der Waals surface area contributed by atoms with Gasteiger partial charge >= 0.3 is 0 Å². The van der Waals surface area contributed by atoms with Crippen LogP contribution in [0.25, 0.3) is 0 Å². The van der Waals surface area contributed by atoms with Crippen LogP contribution in [0, 0.1) is 0 Å². The normalized spacial score (nSPS) is 26.4. The molecule has 0 aromatic heterocycles. The summed E-state index contributed by atoms with van der Waals surface area (Å²) in [6, 6.07) is 0.204. The van der Waals surface area contributed by atoms with E-state index in [0.29, 0.717) is 5.78 Å². The summed E-state index contributed by atoms with van der Waals surface area (Å²) in [5, 5.41) is 0. The zero-order valence-corrected chi connectivity index (χ0v) is 7.85. The monoisotopic (exact) mass is 155 g/mol. The number of nitrogens with zero attached hydrogens (tertiary/aromatic N) is 1. The van der Waals surface area contributed by atoms with Crippen LogP contribution in [-0.2, 0) is 4.79 Å². The molecular formula is C9H17NO. The van der Waals surface area contributed by atoms with Gasteiger partial charge in [0.2, 0.25) is 0 Å². The van der Waals surface area contributed by atoms with Gasteiger partial charge in [0.05, 0.1) is 6.04 Å². The van der Waals surface area contributed by atoms with E-state index >= 15 is 0 Å². The third-order valence-corrected chi connectivity index (χ3v) is 2.35. The molecule has 2 nitrogen and oxygen atoms in total. The van der Waals surface area contributed by atoms with Crippen molar-refractivity contribution in [2.24, 2.45) is 0 Å². The molecule has 0 N–H and O–H groups in total. The maximum Gasteiger partial charge on any atom is 0.146 e. The van der Waals surface area contributed by atoms with Crippen molar-refractivity contribution in [3.8, 4) is 0 Å². The van der Waals surface area contributed by atoms with Crippen molar-refractivity contribution in [3.63, 3.8) is 0 Å². The number of hydrogen-bond acceptors (Lipinski definition) is 2. The van der Waals surface area contributed by atoms with Gasteiger partial charge in [0.25, 0.3) is 0 Å². The van der Waals surface area contributed by atoms with Crippen molar-refractivity contribution < 1.29 is 4.79 Å². The Morgan fingerprint density at radius 2 is 2.00 bits per heavy atom. The Labute approximate surface area is 68.6 Å². The van der Waals surface area contributed by atoms with E-state index in [1.165, 1.54) is 0 Å². The minimum Gasteiger partial charge on any atom is -0.298 e. The van der Waals surface area contributed by atoms with Gasteiger partial charge in [0.1, 0.15) is 5.78 Å². The maximum absolute atomic E-state index is 11.0. The molecule has 1 rings (SSSR count). The Bertz CT molecular complexity index is 169. The van der Waals surface area contributed by atoms with Gasteiger partial charge in [-0.05, 0) is 34.1 Å². The molecule has 64 valence electrons. The molecule has 1 aliphatic rings. The van der Waals surface area contributed by atoms with Crippen LogP contribution in [-0.4, -0.2) is 28.8 Å². The number of likely N-dealkylation sites (tertiary alicyclic amines) is 1. The summed E-state index contributed by atoms with van der Waals surface area (Å²) < 4.78 is 0. The first kappa shape index (κ1) is 8.72. The fourth-order valence-electron chi connectivity index (χ4n) is 1.61. The summed E-state index contributed by atoms with van der Waals surface area (Å²) in [4.78, 5) is 13.3. The second-order valence-corrected chi connectivity index (χ2v) is 4.28. The minimum absolute atomic E-state index is 0.161. The smallest absolute Gasteiger partial charge is 0.146 e. The molecule has 1 fully saturated rings. The van der Waals surface area contributed by atoms with Gasteiger partial charge in [0.15, 0.2) is 0 Å². The molecule has 0 amide bonds. The number of hydrogen-bond donors (Lipinski definition) is 0. The first-order valence-corrected chi connectivity index (χ1v) is 4.20. The van der Waals surface area contributed by atoms with E-state index in [9.17, 15) is 4.79 Å². The van der Waals surface area contributed by atoms with E-state index in [-0.39, 0.29) is 11.6 Å². The van der Waals surface area contributed by atoms with Crippen molar-refractivity contribution in [2.45, 2.75) is 45.7 Å². The molecule has 0 saturated carbocycles. The number of ketones is 1. The average molecular weight is 155 g/mol. The fourth-order valence-corrected chi connectivity index (χ4v) is 1.61. The standard InChI is InChI=1S/C9H17NO/c1-7(11)8-5-6-10(8)9(2,3)4/h8H,5-6H2,1-4H3. The summed E-state index contributed by atoms with van der Waals surface area (Å²) in [7, 11) is 0. The molecule has 1 atom stereocenters. The molecule has 11 heavy (non-hydrogen) atoms. The van der Waals surface area contributed by atoms with Crippen LogP contribution in [0.1, 0.15) is 34.1 Å². The summed E-state index contributed by atoms with van der Waals surface area (Å²) >= 11 is 0. The zero-order valence-electron chi connectivity index (χ0n) is 7.85. The summed E-state index contributed by atoms with van der Waals surface area (Å²) in [6.07, 6.45) is 1.05. The lowest BCUT2D eigenvalue weighted by atomic mass is 9.91.